The van der Waals surface area contributed by atoms with Gasteiger partial charge in [0.15, 0.2) is 0 Å². The Labute approximate surface area is 165 Å². The highest BCUT2D eigenvalue weighted by Gasteiger charge is 2.24. The van der Waals surface area contributed by atoms with Gasteiger partial charge >= 0.3 is 0 Å². The fourth-order valence-corrected chi connectivity index (χ4v) is 3.87. The zero-order valence-corrected chi connectivity index (χ0v) is 16.0. The number of methoxy groups -OCH3 is 1. The van der Waals surface area contributed by atoms with E-state index in [4.69, 9.17) is 4.74 Å². The molecule has 4 heteroatoms. The molecule has 0 radical (unpaired) electrons. The number of hydrogen-bond donors (Lipinski definition) is 0. The van der Waals surface area contributed by atoms with Gasteiger partial charge in [-0.15, -0.1) is 0 Å². The smallest absolute Gasteiger partial charge is 0.253 e. The lowest BCUT2D eigenvalue weighted by molar-refractivity contribution is 0.0713. The Kier molecular flexibility index (Phi) is 5.38. The number of nitrogens with zero attached hydrogens (tertiary/aromatic N) is 2. The predicted octanol–water partition coefficient (Wildman–Crippen LogP) is 4.78. The minimum absolute atomic E-state index is 0.109. The summed E-state index contributed by atoms with van der Waals surface area (Å²) in [7, 11) is 1.66. The molecule has 0 aliphatic carbocycles. The Morgan fingerprint density at radius 2 is 1.64 bits per heavy atom. The zero-order chi connectivity index (χ0) is 19.3. The Morgan fingerprint density at radius 3 is 2.36 bits per heavy atom. The maximum absolute atomic E-state index is 13.0. The van der Waals surface area contributed by atoms with Crippen LogP contribution in [0.5, 0.6) is 5.75 Å². The normalized spacial score (nSPS) is 14.7. The average molecular weight is 372 g/mol. The van der Waals surface area contributed by atoms with Gasteiger partial charge in [-0.3, -0.25) is 9.78 Å². The molecule has 1 aliphatic rings. The maximum atomic E-state index is 13.0. The average Bonchev–Trinajstić information content (AvgIpc) is 2.79. The number of amides is 1. The second-order valence-corrected chi connectivity index (χ2v) is 7.16. The zero-order valence-electron chi connectivity index (χ0n) is 16.0. The number of pyridine rings is 1. The summed E-state index contributed by atoms with van der Waals surface area (Å²) in [4.78, 5) is 19.1. The summed E-state index contributed by atoms with van der Waals surface area (Å²) in [6.45, 7) is 1.57. The van der Waals surface area contributed by atoms with Crippen molar-refractivity contribution in [2.24, 2.45) is 0 Å². The summed E-state index contributed by atoms with van der Waals surface area (Å²) in [5.74, 6) is 1.43. The molecule has 3 aromatic rings. The number of benzene rings is 2. The van der Waals surface area contributed by atoms with Crippen LogP contribution in [0.3, 0.4) is 0 Å². The summed E-state index contributed by atoms with van der Waals surface area (Å²) in [6, 6.07) is 19.9. The third-order valence-electron chi connectivity index (χ3n) is 5.47. The second-order valence-electron chi connectivity index (χ2n) is 7.16. The van der Waals surface area contributed by atoms with Gasteiger partial charge in [-0.2, -0.15) is 0 Å². The molecule has 0 saturated carbocycles. The molecule has 142 valence electrons. The van der Waals surface area contributed by atoms with Crippen LogP contribution in [0, 0.1) is 0 Å². The fourth-order valence-electron chi connectivity index (χ4n) is 3.87. The Hall–Kier alpha value is -3.14. The maximum Gasteiger partial charge on any atom is 0.253 e. The number of carbonyl (C=O) groups is 1. The minimum atomic E-state index is 0.109. The van der Waals surface area contributed by atoms with E-state index < -0.39 is 0 Å². The van der Waals surface area contributed by atoms with E-state index in [1.165, 1.54) is 5.56 Å². The number of piperidine rings is 1. The van der Waals surface area contributed by atoms with Crippen molar-refractivity contribution in [3.63, 3.8) is 0 Å². The van der Waals surface area contributed by atoms with E-state index in [1.54, 1.807) is 7.11 Å². The van der Waals surface area contributed by atoms with Crippen LogP contribution in [0.2, 0.25) is 0 Å². The van der Waals surface area contributed by atoms with Gasteiger partial charge in [-0.1, -0.05) is 24.3 Å². The first-order chi connectivity index (χ1) is 13.7. The van der Waals surface area contributed by atoms with Crippen molar-refractivity contribution in [1.29, 1.82) is 0 Å². The topological polar surface area (TPSA) is 42.4 Å². The Balaban J connectivity index is 1.47. The monoisotopic (exact) mass is 372 g/mol. The van der Waals surface area contributed by atoms with Crippen LogP contribution in [0.1, 0.15) is 34.7 Å². The molecule has 1 aliphatic heterocycles. The molecule has 0 bridgehead atoms. The van der Waals surface area contributed by atoms with E-state index in [0.29, 0.717) is 5.92 Å². The largest absolute Gasteiger partial charge is 0.497 e. The van der Waals surface area contributed by atoms with Crippen molar-refractivity contribution in [1.82, 2.24) is 9.88 Å². The first-order valence-electron chi connectivity index (χ1n) is 9.68. The molecule has 1 amide bonds. The molecule has 0 unspecified atom stereocenters. The molecule has 0 spiro atoms. The highest BCUT2D eigenvalue weighted by Crippen LogP contribution is 2.29. The SMILES string of the molecule is COc1cccc(-c2cccc(C(=O)N3CCC(c4ccncc4)CC3)c2)c1. The van der Waals surface area contributed by atoms with Gasteiger partial charge in [0, 0.05) is 31.0 Å². The van der Waals surface area contributed by atoms with E-state index in [0.717, 1.165) is 48.4 Å². The van der Waals surface area contributed by atoms with Crippen molar-refractivity contribution in [3.05, 3.63) is 84.2 Å². The molecule has 1 saturated heterocycles. The van der Waals surface area contributed by atoms with Crippen LogP contribution >= 0.6 is 0 Å². The number of rotatable bonds is 4. The van der Waals surface area contributed by atoms with Crippen LogP contribution in [0.25, 0.3) is 11.1 Å². The molecule has 2 heterocycles. The summed E-state index contributed by atoms with van der Waals surface area (Å²) in [6.07, 6.45) is 5.67. The van der Waals surface area contributed by atoms with Gasteiger partial charge in [0.2, 0.25) is 0 Å². The number of likely N-dealkylation sites (tertiary alicyclic amines) is 1. The summed E-state index contributed by atoms with van der Waals surface area (Å²) in [5, 5.41) is 0. The molecule has 4 rings (SSSR count). The van der Waals surface area contributed by atoms with E-state index in [2.05, 4.69) is 17.1 Å². The van der Waals surface area contributed by atoms with Crippen molar-refractivity contribution in [3.8, 4) is 16.9 Å². The molecule has 2 aromatic carbocycles. The Morgan fingerprint density at radius 1 is 0.964 bits per heavy atom. The summed E-state index contributed by atoms with van der Waals surface area (Å²) >= 11 is 0. The molecule has 0 N–H and O–H groups in total. The Bertz CT molecular complexity index is 948. The number of carbonyl (C=O) groups excluding carboxylic acids is 1. The number of ether oxygens (including phenoxy) is 1. The van der Waals surface area contributed by atoms with Crippen LogP contribution < -0.4 is 4.74 Å². The lowest BCUT2D eigenvalue weighted by Gasteiger charge is -2.32. The van der Waals surface area contributed by atoms with Gasteiger partial charge < -0.3 is 9.64 Å². The molecule has 1 fully saturated rings. The van der Waals surface area contributed by atoms with E-state index in [1.807, 2.05) is 65.8 Å². The molecular weight excluding hydrogens is 348 g/mol. The van der Waals surface area contributed by atoms with Crippen LogP contribution in [-0.4, -0.2) is 36.0 Å². The van der Waals surface area contributed by atoms with Crippen LogP contribution in [0.4, 0.5) is 0 Å². The molecule has 1 aromatic heterocycles. The van der Waals surface area contributed by atoms with Gasteiger partial charge in [-0.05, 0) is 71.8 Å². The summed E-state index contributed by atoms with van der Waals surface area (Å²) < 4.78 is 5.32. The van der Waals surface area contributed by atoms with Crippen LogP contribution in [-0.2, 0) is 0 Å². The second kappa shape index (κ2) is 8.26. The molecular formula is C24H24N2O2. The van der Waals surface area contributed by atoms with Crippen molar-refractivity contribution >= 4 is 5.91 Å². The lowest BCUT2D eigenvalue weighted by Crippen LogP contribution is -2.37. The molecule has 28 heavy (non-hydrogen) atoms. The first kappa shape index (κ1) is 18.2. The van der Waals surface area contributed by atoms with Crippen molar-refractivity contribution < 1.29 is 9.53 Å². The number of hydrogen-bond acceptors (Lipinski definition) is 3. The van der Waals surface area contributed by atoms with Gasteiger partial charge in [-0.25, -0.2) is 0 Å². The number of aromatic nitrogens is 1. The summed E-state index contributed by atoms with van der Waals surface area (Å²) in [5.41, 5.74) is 4.13. The van der Waals surface area contributed by atoms with Crippen molar-refractivity contribution in [2.75, 3.05) is 20.2 Å². The van der Waals surface area contributed by atoms with E-state index in [9.17, 15) is 4.79 Å². The van der Waals surface area contributed by atoms with E-state index >= 15 is 0 Å². The molecule has 0 atom stereocenters. The third-order valence-corrected chi connectivity index (χ3v) is 5.47. The highest BCUT2D eigenvalue weighted by molar-refractivity contribution is 5.95. The van der Waals surface area contributed by atoms with Gasteiger partial charge in [0.1, 0.15) is 5.75 Å². The highest BCUT2D eigenvalue weighted by atomic mass is 16.5. The van der Waals surface area contributed by atoms with Crippen molar-refractivity contribution in [2.45, 2.75) is 18.8 Å². The lowest BCUT2D eigenvalue weighted by atomic mass is 9.90. The third kappa shape index (κ3) is 3.91. The first-order valence-corrected chi connectivity index (χ1v) is 9.68. The van der Waals surface area contributed by atoms with Gasteiger partial charge in [0.05, 0.1) is 7.11 Å². The predicted molar refractivity (Wildman–Crippen MR) is 111 cm³/mol. The van der Waals surface area contributed by atoms with Gasteiger partial charge in [0.25, 0.3) is 5.91 Å². The van der Waals surface area contributed by atoms with E-state index in [-0.39, 0.29) is 5.91 Å². The minimum Gasteiger partial charge on any atom is -0.497 e. The fraction of sp³-hybridized carbons (Fsp3) is 0.250. The van der Waals surface area contributed by atoms with Crippen LogP contribution in [0.15, 0.2) is 73.1 Å². The standard InChI is InChI=1S/C24H24N2O2/c1-28-23-7-3-5-21(17-23)20-4-2-6-22(16-20)24(27)26-14-10-19(11-15-26)18-8-12-25-13-9-18/h2-9,12-13,16-17,19H,10-11,14-15H2,1H3. The molecule has 4 nitrogen and oxygen atoms in total. The quantitative estimate of drug-likeness (QED) is 0.662.